The number of nitrogens with zero attached hydrogens (tertiary/aromatic N) is 5. The van der Waals surface area contributed by atoms with E-state index in [0.717, 1.165) is 50.6 Å². The second-order valence-corrected chi connectivity index (χ2v) is 8.18. The van der Waals surface area contributed by atoms with Gasteiger partial charge in [0.05, 0.1) is 0 Å². The van der Waals surface area contributed by atoms with Crippen molar-refractivity contribution in [1.29, 1.82) is 0 Å². The fourth-order valence-corrected chi connectivity index (χ4v) is 4.42. The monoisotopic (exact) mass is 393 g/mol. The van der Waals surface area contributed by atoms with Gasteiger partial charge in [-0.25, -0.2) is 4.98 Å². The minimum absolute atomic E-state index is 0.0557. The number of pyridine rings is 1. The molecule has 0 bridgehead atoms. The van der Waals surface area contributed by atoms with Crippen molar-refractivity contribution in [3.8, 4) is 0 Å². The van der Waals surface area contributed by atoms with E-state index in [1.54, 1.807) is 19.0 Å². The van der Waals surface area contributed by atoms with Gasteiger partial charge in [0.25, 0.3) is 5.91 Å². The van der Waals surface area contributed by atoms with Crippen molar-refractivity contribution in [2.45, 2.75) is 18.9 Å². The van der Waals surface area contributed by atoms with Crippen LogP contribution in [0.15, 0.2) is 48.7 Å². The van der Waals surface area contributed by atoms with Crippen LogP contribution in [0.3, 0.4) is 0 Å². The highest BCUT2D eigenvalue weighted by Crippen LogP contribution is 2.24. The van der Waals surface area contributed by atoms with Gasteiger partial charge in [-0.05, 0) is 49.2 Å². The molecule has 4 rings (SSSR count). The predicted molar refractivity (Wildman–Crippen MR) is 118 cm³/mol. The van der Waals surface area contributed by atoms with Crippen molar-refractivity contribution < 1.29 is 4.79 Å². The molecule has 1 aromatic heterocycles. The lowest BCUT2D eigenvalue weighted by molar-refractivity contribution is 0.0827. The van der Waals surface area contributed by atoms with E-state index in [1.807, 2.05) is 24.4 Å². The summed E-state index contributed by atoms with van der Waals surface area (Å²) in [5, 5.41) is 0. The van der Waals surface area contributed by atoms with Crippen molar-refractivity contribution in [2.24, 2.45) is 0 Å². The predicted octanol–water partition coefficient (Wildman–Crippen LogP) is 2.57. The Morgan fingerprint density at radius 3 is 2.17 bits per heavy atom. The average Bonchev–Trinajstić information content (AvgIpc) is 2.79. The highest BCUT2D eigenvalue weighted by Gasteiger charge is 2.28. The number of carbonyl (C=O) groups excluding carboxylic acids is 1. The van der Waals surface area contributed by atoms with E-state index in [0.29, 0.717) is 6.04 Å². The first kappa shape index (κ1) is 19.7. The summed E-state index contributed by atoms with van der Waals surface area (Å²) < 4.78 is 0. The molecule has 0 N–H and O–H groups in total. The third kappa shape index (κ3) is 4.53. The maximum atomic E-state index is 12.1. The lowest BCUT2D eigenvalue weighted by Crippen LogP contribution is -2.53. The zero-order valence-corrected chi connectivity index (χ0v) is 17.5. The average molecular weight is 394 g/mol. The van der Waals surface area contributed by atoms with E-state index in [4.69, 9.17) is 0 Å². The van der Waals surface area contributed by atoms with Gasteiger partial charge < -0.3 is 14.7 Å². The molecule has 6 nitrogen and oxygen atoms in total. The van der Waals surface area contributed by atoms with Crippen molar-refractivity contribution in [3.63, 3.8) is 0 Å². The minimum Gasteiger partial charge on any atom is -0.371 e. The number of rotatable bonds is 4. The normalized spacial score (nSPS) is 18.7. The maximum Gasteiger partial charge on any atom is 0.253 e. The topological polar surface area (TPSA) is 42.9 Å². The zero-order chi connectivity index (χ0) is 20.2. The van der Waals surface area contributed by atoms with Crippen LogP contribution in [0, 0.1) is 0 Å². The van der Waals surface area contributed by atoms with Gasteiger partial charge in [0, 0.05) is 76.9 Å². The van der Waals surface area contributed by atoms with Crippen LogP contribution in [-0.2, 0) is 0 Å². The quantitative estimate of drug-likeness (QED) is 0.799. The molecule has 6 heteroatoms. The molecule has 0 aliphatic carbocycles. The zero-order valence-electron chi connectivity index (χ0n) is 17.5. The Hall–Kier alpha value is -2.60. The lowest BCUT2D eigenvalue weighted by atomic mass is 10.0. The van der Waals surface area contributed by atoms with Crippen LogP contribution < -0.4 is 9.80 Å². The summed E-state index contributed by atoms with van der Waals surface area (Å²) in [6, 6.07) is 14.9. The molecule has 0 saturated carbocycles. The van der Waals surface area contributed by atoms with Gasteiger partial charge >= 0.3 is 0 Å². The molecule has 1 aromatic carbocycles. The van der Waals surface area contributed by atoms with Gasteiger partial charge in [-0.1, -0.05) is 6.07 Å². The summed E-state index contributed by atoms with van der Waals surface area (Å²) >= 11 is 0. The van der Waals surface area contributed by atoms with Gasteiger partial charge in [0.15, 0.2) is 0 Å². The molecule has 0 unspecified atom stereocenters. The third-order valence-electron chi connectivity index (χ3n) is 6.15. The number of anilines is 2. The molecule has 0 spiro atoms. The SMILES string of the molecule is CN(C)C(=O)c1ccc(N2CCC(N3CCN(c4ccccn4)CC3)CC2)cc1. The second-order valence-electron chi connectivity index (χ2n) is 8.18. The number of aromatic nitrogens is 1. The van der Waals surface area contributed by atoms with E-state index in [-0.39, 0.29) is 5.91 Å². The lowest BCUT2D eigenvalue weighted by Gasteiger charge is -2.43. The second kappa shape index (κ2) is 8.82. The molecule has 2 fully saturated rings. The first-order valence-corrected chi connectivity index (χ1v) is 10.6. The molecule has 1 amide bonds. The van der Waals surface area contributed by atoms with Crippen LogP contribution in [0.5, 0.6) is 0 Å². The summed E-state index contributed by atoms with van der Waals surface area (Å²) in [5.74, 6) is 1.15. The van der Waals surface area contributed by atoms with Crippen molar-refractivity contribution in [1.82, 2.24) is 14.8 Å². The van der Waals surface area contributed by atoms with Crippen LogP contribution in [0.2, 0.25) is 0 Å². The molecular formula is C23H31N5O. The highest BCUT2D eigenvalue weighted by molar-refractivity contribution is 5.94. The smallest absolute Gasteiger partial charge is 0.253 e. The summed E-state index contributed by atoms with van der Waals surface area (Å²) in [6.45, 7) is 6.49. The van der Waals surface area contributed by atoms with E-state index in [1.165, 1.54) is 18.5 Å². The van der Waals surface area contributed by atoms with Gasteiger partial charge in [-0.3, -0.25) is 9.69 Å². The largest absolute Gasteiger partial charge is 0.371 e. The Balaban J connectivity index is 1.27. The van der Waals surface area contributed by atoms with Crippen LogP contribution in [0.1, 0.15) is 23.2 Å². The summed E-state index contributed by atoms with van der Waals surface area (Å²) in [4.78, 5) is 25.7. The molecule has 2 aromatic rings. The number of hydrogen-bond acceptors (Lipinski definition) is 5. The molecule has 2 aliphatic rings. The standard InChI is InChI=1S/C23H31N5O/c1-25(2)23(29)19-6-8-20(9-7-19)26-13-10-21(11-14-26)27-15-17-28(18-16-27)22-5-3-4-12-24-22/h3-9,12,21H,10-11,13-18H2,1-2H3. The van der Waals surface area contributed by atoms with Crippen LogP contribution >= 0.6 is 0 Å². The Morgan fingerprint density at radius 1 is 0.897 bits per heavy atom. The Bertz CT molecular complexity index is 792. The number of benzene rings is 1. The van der Waals surface area contributed by atoms with Crippen molar-refractivity contribution in [3.05, 3.63) is 54.2 Å². The van der Waals surface area contributed by atoms with E-state index in [9.17, 15) is 4.79 Å². The summed E-state index contributed by atoms with van der Waals surface area (Å²) in [5.41, 5.74) is 1.97. The first-order chi connectivity index (χ1) is 14.1. The van der Waals surface area contributed by atoms with Crippen LogP contribution in [-0.4, -0.2) is 80.1 Å². The fraction of sp³-hybridized carbons (Fsp3) is 0.478. The van der Waals surface area contributed by atoms with Gasteiger partial charge in [-0.15, -0.1) is 0 Å². The highest BCUT2D eigenvalue weighted by atomic mass is 16.2. The first-order valence-electron chi connectivity index (χ1n) is 10.6. The molecule has 154 valence electrons. The van der Waals surface area contributed by atoms with Crippen LogP contribution in [0.4, 0.5) is 11.5 Å². The number of amides is 1. The van der Waals surface area contributed by atoms with E-state index >= 15 is 0 Å². The number of carbonyl (C=O) groups is 1. The number of hydrogen-bond donors (Lipinski definition) is 0. The Morgan fingerprint density at radius 2 is 1.59 bits per heavy atom. The van der Waals surface area contributed by atoms with Crippen molar-refractivity contribution >= 4 is 17.4 Å². The molecule has 3 heterocycles. The molecule has 0 radical (unpaired) electrons. The minimum atomic E-state index is 0.0557. The molecule has 29 heavy (non-hydrogen) atoms. The summed E-state index contributed by atoms with van der Waals surface area (Å²) in [7, 11) is 3.58. The molecule has 2 aliphatic heterocycles. The molecule has 0 atom stereocenters. The van der Waals surface area contributed by atoms with Gasteiger partial charge in [0.1, 0.15) is 5.82 Å². The molecule has 2 saturated heterocycles. The molecular weight excluding hydrogens is 362 g/mol. The van der Waals surface area contributed by atoms with Crippen LogP contribution in [0.25, 0.3) is 0 Å². The maximum absolute atomic E-state index is 12.1. The van der Waals surface area contributed by atoms with Gasteiger partial charge in [0.2, 0.25) is 0 Å². The number of piperidine rings is 1. The van der Waals surface area contributed by atoms with Gasteiger partial charge in [-0.2, -0.15) is 0 Å². The third-order valence-corrected chi connectivity index (χ3v) is 6.15. The Labute approximate surface area is 173 Å². The van der Waals surface area contributed by atoms with Crippen molar-refractivity contribution in [2.75, 3.05) is 63.2 Å². The van der Waals surface area contributed by atoms with E-state index < -0.39 is 0 Å². The summed E-state index contributed by atoms with van der Waals surface area (Å²) in [6.07, 6.45) is 4.27. The number of piperazine rings is 1. The Kier molecular flexibility index (Phi) is 6.00. The fourth-order valence-electron chi connectivity index (χ4n) is 4.42. The van der Waals surface area contributed by atoms with E-state index in [2.05, 4.69) is 43.9 Å².